The highest BCUT2D eigenvalue weighted by molar-refractivity contribution is 5.36. The van der Waals surface area contributed by atoms with Crippen LogP contribution in [0.15, 0.2) is 48.5 Å². The quantitative estimate of drug-likeness (QED) is 0.673. The van der Waals surface area contributed by atoms with E-state index in [9.17, 15) is 0 Å². The van der Waals surface area contributed by atoms with Crippen LogP contribution in [0.2, 0.25) is 0 Å². The molecule has 0 aliphatic carbocycles. The molecule has 0 saturated carbocycles. The van der Waals surface area contributed by atoms with Crippen molar-refractivity contribution in [3.8, 4) is 17.2 Å². The van der Waals surface area contributed by atoms with Gasteiger partial charge in [-0.1, -0.05) is 31.5 Å². The maximum Gasteiger partial charge on any atom is 0.127 e. The van der Waals surface area contributed by atoms with Gasteiger partial charge in [0.05, 0.1) is 0 Å². The topological polar surface area (TPSA) is 18.5 Å². The van der Waals surface area contributed by atoms with Crippen LogP contribution in [0.1, 0.15) is 39.2 Å². The first-order valence-electron chi connectivity index (χ1n) is 7.58. The maximum absolute atomic E-state index is 6.07. The van der Waals surface area contributed by atoms with Crippen molar-refractivity contribution in [1.29, 1.82) is 0 Å². The molecule has 0 unspecified atom stereocenters. The Balaban J connectivity index is 2.03. The summed E-state index contributed by atoms with van der Waals surface area (Å²) >= 11 is 0. The summed E-state index contributed by atoms with van der Waals surface area (Å²) in [7, 11) is 0. The van der Waals surface area contributed by atoms with E-state index >= 15 is 0 Å². The fourth-order valence-corrected chi connectivity index (χ4v) is 2.00. The SMILES string of the molecule is CCC(C)(CC)Oc1ccc(Oc2ccc(C)cc2)cc1. The van der Waals surface area contributed by atoms with Gasteiger partial charge >= 0.3 is 0 Å². The number of ether oxygens (including phenoxy) is 2. The lowest BCUT2D eigenvalue weighted by Crippen LogP contribution is -2.30. The molecule has 0 heterocycles. The molecular weight excluding hydrogens is 260 g/mol. The molecule has 0 radical (unpaired) electrons. The van der Waals surface area contributed by atoms with Crippen LogP contribution in [0.4, 0.5) is 0 Å². The summed E-state index contributed by atoms with van der Waals surface area (Å²) < 4.78 is 11.9. The molecule has 0 aliphatic heterocycles. The Morgan fingerprint density at radius 1 is 0.762 bits per heavy atom. The van der Waals surface area contributed by atoms with Crippen molar-refractivity contribution in [2.24, 2.45) is 0 Å². The number of aryl methyl sites for hydroxylation is 1. The van der Waals surface area contributed by atoms with Crippen molar-refractivity contribution in [3.05, 3.63) is 54.1 Å². The Hall–Kier alpha value is -1.96. The van der Waals surface area contributed by atoms with Gasteiger partial charge in [0, 0.05) is 0 Å². The summed E-state index contributed by atoms with van der Waals surface area (Å²) in [5.41, 5.74) is 1.13. The molecule has 0 spiro atoms. The van der Waals surface area contributed by atoms with Crippen molar-refractivity contribution < 1.29 is 9.47 Å². The highest BCUT2D eigenvalue weighted by Gasteiger charge is 2.21. The lowest BCUT2D eigenvalue weighted by atomic mass is 10.00. The second-order valence-electron chi connectivity index (χ2n) is 5.65. The Labute approximate surface area is 127 Å². The Morgan fingerprint density at radius 3 is 1.67 bits per heavy atom. The standard InChI is InChI=1S/C19H24O2/c1-5-19(4,6-2)21-18-13-11-17(12-14-18)20-16-9-7-15(3)8-10-16/h7-14H,5-6H2,1-4H3. The molecule has 2 nitrogen and oxygen atoms in total. The molecule has 0 atom stereocenters. The van der Waals surface area contributed by atoms with Gasteiger partial charge in [0.1, 0.15) is 22.8 Å². The zero-order valence-electron chi connectivity index (χ0n) is 13.3. The molecule has 2 heteroatoms. The predicted molar refractivity (Wildman–Crippen MR) is 87.3 cm³/mol. The molecule has 0 bridgehead atoms. The van der Waals surface area contributed by atoms with Crippen LogP contribution in [-0.2, 0) is 0 Å². The predicted octanol–water partition coefficient (Wildman–Crippen LogP) is 5.74. The summed E-state index contributed by atoms with van der Waals surface area (Å²) in [4.78, 5) is 0. The summed E-state index contributed by atoms with van der Waals surface area (Å²) in [6.45, 7) is 8.51. The van der Waals surface area contributed by atoms with E-state index in [4.69, 9.17) is 9.47 Å². The Morgan fingerprint density at radius 2 is 1.19 bits per heavy atom. The summed E-state index contributed by atoms with van der Waals surface area (Å²) in [5, 5.41) is 0. The van der Waals surface area contributed by atoms with E-state index < -0.39 is 0 Å². The second kappa shape index (κ2) is 6.66. The minimum absolute atomic E-state index is 0.0979. The average Bonchev–Trinajstić information content (AvgIpc) is 2.51. The van der Waals surface area contributed by atoms with E-state index in [0.29, 0.717) is 0 Å². The van der Waals surface area contributed by atoms with Crippen LogP contribution < -0.4 is 9.47 Å². The third kappa shape index (κ3) is 4.25. The van der Waals surface area contributed by atoms with Crippen LogP contribution in [0.5, 0.6) is 17.2 Å². The molecule has 21 heavy (non-hydrogen) atoms. The lowest BCUT2D eigenvalue weighted by Gasteiger charge is -2.28. The van der Waals surface area contributed by atoms with Gasteiger partial charge in [-0.3, -0.25) is 0 Å². The van der Waals surface area contributed by atoms with Crippen LogP contribution in [0, 0.1) is 6.92 Å². The number of benzene rings is 2. The fourth-order valence-electron chi connectivity index (χ4n) is 2.00. The minimum atomic E-state index is -0.0979. The highest BCUT2D eigenvalue weighted by Crippen LogP contribution is 2.28. The zero-order valence-corrected chi connectivity index (χ0v) is 13.3. The smallest absolute Gasteiger partial charge is 0.127 e. The molecule has 2 aromatic rings. The first kappa shape index (κ1) is 15.4. The molecule has 112 valence electrons. The maximum atomic E-state index is 6.07. The van der Waals surface area contributed by atoms with Gasteiger partial charge in [0.25, 0.3) is 0 Å². The van der Waals surface area contributed by atoms with Crippen molar-refractivity contribution >= 4 is 0 Å². The van der Waals surface area contributed by atoms with Gasteiger partial charge in [-0.25, -0.2) is 0 Å². The normalized spacial score (nSPS) is 11.2. The highest BCUT2D eigenvalue weighted by atomic mass is 16.5. The molecule has 0 amide bonds. The third-order valence-electron chi connectivity index (χ3n) is 3.94. The van der Waals surface area contributed by atoms with Gasteiger partial charge in [-0.15, -0.1) is 0 Å². The molecule has 0 aliphatic rings. The first-order valence-corrected chi connectivity index (χ1v) is 7.58. The van der Waals surface area contributed by atoms with Gasteiger partial charge in [-0.05, 0) is 63.1 Å². The Bertz CT molecular complexity index is 551. The van der Waals surface area contributed by atoms with Crippen molar-refractivity contribution in [2.75, 3.05) is 0 Å². The van der Waals surface area contributed by atoms with Crippen LogP contribution in [-0.4, -0.2) is 5.60 Å². The zero-order chi connectivity index (χ0) is 15.3. The number of hydrogen-bond acceptors (Lipinski definition) is 2. The largest absolute Gasteiger partial charge is 0.488 e. The molecule has 2 rings (SSSR count). The van der Waals surface area contributed by atoms with E-state index in [1.165, 1.54) is 5.56 Å². The molecular formula is C19H24O2. The minimum Gasteiger partial charge on any atom is -0.488 e. The van der Waals surface area contributed by atoms with Crippen LogP contribution in [0.25, 0.3) is 0 Å². The summed E-state index contributed by atoms with van der Waals surface area (Å²) in [5.74, 6) is 2.56. The molecule has 0 fully saturated rings. The molecule has 0 N–H and O–H groups in total. The van der Waals surface area contributed by atoms with Gasteiger partial charge < -0.3 is 9.47 Å². The van der Waals surface area contributed by atoms with E-state index in [1.807, 2.05) is 48.5 Å². The summed E-state index contributed by atoms with van der Waals surface area (Å²) in [6.07, 6.45) is 1.98. The molecule has 0 aromatic heterocycles. The van der Waals surface area contributed by atoms with E-state index in [2.05, 4.69) is 27.7 Å². The van der Waals surface area contributed by atoms with Crippen LogP contribution >= 0.6 is 0 Å². The van der Waals surface area contributed by atoms with Crippen LogP contribution in [0.3, 0.4) is 0 Å². The van der Waals surface area contributed by atoms with E-state index in [-0.39, 0.29) is 5.60 Å². The number of rotatable bonds is 6. The van der Waals surface area contributed by atoms with Crippen molar-refractivity contribution in [2.45, 2.75) is 46.1 Å². The van der Waals surface area contributed by atoms with Gasteiger partial charge in [-0.2, -0.15) is 0 Å². The fraction of sp³-hybridized carbons (Fsp3) is 0.368. The first-order chi connectivity index (χ1) is 10.0. The van der Waals surface area contributed by atoms with E-state index in [1.54, 1.807) is 0 Å². The summed E-state index contributed by atoms with van der Waals surface area (Å²) in [6, 6.07) is 15.9. The lowest BCUT2D eigenvalue weighted by molar-refractivity contribution is 0.0802. The van der Waals surface area contributed by atoms with Gasteiger partial charge in [0.15, 0.2) is 0 Å². The molecule has 2 aromatic carbocycles. The van der Waals surface area contributed by atoms with Gasteiger partial charge in [0.2, 0.25) is 0 Å². The van der Waals surface area contributed by atoms with Crippen molar-refractivity contribution in [1.82, 2.24) is 0 Å². The number of hydrogen-bond donors (Lipinski definition) is 0. The third-order valence-corrected chi connectivity index (χ3v) is 3.94. The molecule has 0 saturated heterocycles. The average molecular weight is 284 g/mol. The second-order valence-corrected chi connectivity index (χ2v) is 5.65. The Kier molecular flexibility index (Phi) is 4.89. The van der Waals surface area contributed by atoms with E-state index in [0.717, 1.165) is 30.1 Å². The monoisotopic (exact) mass is 284 g/mol. The van der Waals surface area contributed by atoms with Crippen molar-refractivity contribution in [3.63, 3.8) is 0 Å².